The van der Waals surface area contributed by atoms with E-state index in [1.165, 1.54) is 11.3 Å². The molecule has 1 saturated carbocycles. The lowest BCUT2D eigenvalue weighted by Gasteiger charge is -2.15. The van der Waals surface area contributed by atoms with Gasteiger partial charge < -0.3 is 11.1 Å². The number of rotatable bonds is 4. The quantitative estimate of drug-likeness (QED) is 0.889. The fourth-order valence-electron chi connectivity index (χ4n) is 1.61. The van der Waals surface area contributed by atoms with Crippen LogP contribution in [0.15, 0.2) is 6.07 Å². The average molecular weight is 279 g/mol. The maximum absolute atomic E-state index is 11.9. The number of nitrogens with one attached hydrogen (secondary N) is 1. The van der Waals surface area contributed by atoms with Gasteiger partial charge in [-0.15, -0.1) is 11.3 Å². The molecule has 3 N–H and O–H groups in total. The van der Waals surface area contributed by atoms with E-state index < -0.39 is 0 Å². The van der Waals surface area contributed by atoms with Crippen LogP contribution in [-0.4, -0.2) is 18.5 Å². The van der Waals surface area contributed by atoms with Crippen molar-refractivity contribution in [3.63, 3.8) is 0 Å². The highest BCUT2D eigenvalue weighted by Gasteiger charge is 2.31. The molecule has 2 rings (SSSR count). The first-order chi connectivity index (χ1) is 7.61. The number of carbonyl (C=O) groups is 1. The van der Waals surface area contributed by atoms with Gasteiger partial charge in [0.1, 0.15) is 4.34 Å². The van der Waals surface area contributed by atoms with Crippen molar-refractivity contribution in [2.45, 2.75) is 18.9 Å². The van der Waals surface area contributed by atoms with Crippen molar-refractivity contribution in [2.75, 3.05) is 6.54 Å². The summed E-state index contributed by atoms with van der Waals surface area (Å²) in [4.78, 5) is 11.9. The first kappa shape index (κ1) is 12.2. The van der Waals surface area contributed by atoms with Gasteiger partial charge in [-0.2, -0.15) is 0 Å². The molecule has 1 heterocycles. The van der Waals surface area contributed by atoms with Crippen molar-refractivity contribution < 1.29 is 4.79 Å². The van der Waals surface area contributed by atoms with Crippen molar-refractivity contribution in [1.29, 1.82) is 0 Å². The van der Waals surface area contributed by atoms with Crippen molar-refractivity contribution in [3.8, 4) is 0 Å². The van der Waals surface area contributed by atoms with Crippen LogP contribution < -0.4 is 11.1 Å². The molecule has 0 radical (unpaired) electrons. The summed E-state index contributed by atoms with van der Waals surface area (Å²) in [7, 11) is 0. The van der Waals surface area contributed by atoms with Gasteiger partial charge in [-0.05, 0) is 24.8 Å². The van der Waals surface area contributed by atoms with E-state index in [0.717, 1.165) is 12.8 Å². The van der Waals surface area contributed by atoms with Crippen LogP contribution in [0.1, 0.15) is 23.2 Å². The Morgan fingerprint density at radius 3 is 2.75 bits per heavy atom. The molecule has 0 saturated heterocycles. The number of carbonyl (C=O) groups excluding carboxylic acids is 1. The number of nitrogens with two attached hydrogens (primary N) is 1. The van der Waals surface area contributed by atoms with Gasteiger partial charge in [0.15, 0.2) is 0 Å². The highest BCUT2D eigenvalue weighted by Crippen LogP contribution is 2.34. The molecule has 0 spiro atoms. The smallest absolute Gasteiger partial charge is 0.253 e. The first-order valence-electron chi connectivity index (χ1n) is 5.07. The molecule has 88 valence electrons. The van der Waals surface area contributed by atoms with Crippen LogP contribution in [0.25, 0.3) is 0 Å². The first-order valence-corrected chi connectivity index (χ1v) is 6.65. The zero-order valence-corrected chi connectivity index (χ0v) is 10.8. The van der Waals surface area contributed by atoms with Crippen LogP contribution in [-0.2, 0) is 0 Å². The van der Waals surface area contributed by atoms with Gasteiger partial charge in [-0.1, -0.05) is 23.2 Å². The van der Waals surface area contributed by atoms with E-state index in [2.05, 4.69) is 5.32 Å². The Morgan fingerprint density at radius 1 is 1.62 bits per heavy atom. The van der Waals surface area contributed by atoms with Gasteiger partial charge in [0, 0.05) is 12.6 Å². The normalized spacial score (nSPS) is 17.2. The minimum absolute atomic E-state index is 0.0576. The summed E-state index contributed by atoms with van der Waals surface area (Å²) in [6.45, 7) is 0.464. The summed E-state index contributed by atoms with van der Waals surface area (Å²) in [5.74, 6) is 0.345. The van der Waals surface area contributed by atoms with Crippen molar-refractivity contribution in [1.82, 2.24) is 5.32 Å². The Morgan fingerprint density at radius 2 is 2.31 bits per heavy atom. The van der Waals surface area contributed by atoms with Gasteiger partial charge in [0.25, 0.3) is 5.91 Å². The zero-order chi connectivity index (χ0) is 11.7. The molecule has 1 fully saturated rings. The average Bonchev–Trinajstić information content (AvgIpc) is 3.01. The van der Waals surface area contributed by atoms with Gasteiger partial charge in [0.05, 0.1) is 9.90 Å². The molecule has 1 aliphatic carbocycles. The SMILES string of the molecule is NCC(NC(=O)c1cc(Cl)sc1Cl)C1CC1. The van der Waals surface area contributed by atoms with Crippen molar-refractivity contribution in [3.05, 3.63) is 20.3 Å². The molecular formula is C10H12Cl2N2OS. The van der Waals surface area contributed by atoms with Crippen molar-refractivity contribution in [2.24, 2.45) is 11.7 Å². The number of hydrogen-bond donors (Lipinski definition) is 2. The van der Waals surface area contributed by atoms with Crippen LogP contribution >= 0.6 is 34.5 Å². The van der Waals surface area contributed by atoms with Crippen LogP contribution in [0.2, 0.25) is 8.67 Å². The predicted octanol–water partition coefficient (Wildman–Crippen LogP) is 2.52. The summed E-state index contributed by atoms with van der Waals surface area (Å²) < 4.78 is 0.944. The van der Waals surface area contributed by atoms with E-state index in [9.17, 15) is 4.79 Å². The number of amides is 1. The fourth-order valence-corrected chi connectivity index (χ4v) is 3.07. The Labute approximate surface area is 108 Å². The fraction of sp³-hybridized carbons (Fsp3) is 0.500. The molecule has 1 atom stereocenters. The third kappa shape index (κ3) is 2.69. The molecule has 0 bridgehead atoms. The third-order valence-electron chi connectivity index (χ3n) is 2.66. The van der Waals surface area contributed by atoms with Crippen LogP contribution in [0, 0.1) is 5.92 Å². The molecule has 1 unspecified atom stereocenters. The van der Waals surface area contributed by atoms with E-state index in [1.807, 2.05) is 0 Å². The predicted molar refractivity (Wildman–Crippen MR) is 67.4 cm³/mol. The number of hydrogen-bond acceptors (Lipinski definition) is 3. The van der Waals surface area contributed by atoms with E-state index in [4.69, 9.17) is 28.9 Å². The largest absolute Gasteiger partial charge is 0.348 e. The highest BCUT2D eigenvalue weighted by molar-refractivity contribution is 7.20. The lowest BCUT2D eigenvalue weighted by molar-refractivity contribution is 0.0934. The molecule has 0 aliphatic heterocycles. The summed E-state index contributed by atoms with van der Waals surface area (Å²) in [6, 6.07) is 1.65. The van der Waals surface area contributed by atoms with Crippen LogP contribution in [0.4, 0.5) is 0 Å². The Hall–Kier alpha value is -0.290. The molecule has 1 amide bonds. The molecule has 1 aromatic heterocycles. The van der Waals surface area contributed by atoms with Gasteiger partial charge in [0.2, 0.25) is 0 Å². The third-order valence-corrected chi connectivity index (χ3v) is 4.15. The monoisotopic (exact) mass is 278 g/mol. The van der Waals surface area contributed by atoms with E-state index in [-0.39, 0.29) is 11.9 Å². The van der Waals surface area contributed by atoms with Crippen molar-refractivity contribution >= 4 is 40.4 Å². The second-order valence-electron chi connectivity index (χ2n) is 3.89. The summed E-state index contributed by atoms with van der Waals surface area (Å²) >= 11 is 12.9. The summed E-state index contributed by atoms with van der Waals surface area (Å²) in [5.41, 5.74) is 6.05. The second kappa shape index (κ2) is 4.92. The Kier molecular flexibility index (Phi) is 3.74. The minimum Gasteiger partial charge on any atom is -0.348 e. The standard InChI is InChI=1S/C10H12Cl2N2OS/c11-8-3-6(9(12)16-8)10(15)14-7(4-13)5-1-2-5/h3,5,7H,1-2,4,13H2,(H,14,15). The molecule has 1 aliphatic rings. The molecule has 0 aromatic carbocycles. The molecular weight excluding hydrogens is 267 g/mol. The van der Waals surface area contributed by atoms with Crippen LogP contribution in [0.5, 0.6) is 0 Å². The molecule has 16 heavy (non-hydrogen) atoms. The highest BCUT2D eigenvalue weighted by atomic mass is 35.5. The molecule has 6 heteroatoms. The molecule has 3 nitrogen and oxygen atoms in total. The van der Waals surface area contributed by atoms with E-state index >= 15 is 0 Å². The van der Waals surface area contributed by atoms with E-state index in [0.29, 0.717) is 26.7 Å². The summed E-state index contributed by atoms with van der Waals surface area (Å²) in [5, 5.41) is 2.90. The molecule has 1 aromatic rings. The lowest BCUT2D eigenvalue weighted by Crippen LogP contribution is -2.41. The van der Waals surface area contributed by atoms with Gasteiger partial charge in [-0.3, -0.25) is 4.79 Å². The van der Waals surface area contributed by atoms with Gasteiger partial charge in [-0.25, -0.2) is 0 Å². The topological polar surface area (TPSA) is 55.1 Å². The Bertz CT molecular complexity index is 404. The maximum atomic E-state index is 11.9. The maximum Gasteiger partial charge on any atom is 0.253 e. The van der Waals surface area contributed by atoms with Crippen LogP contribution in [0.3, 0.4) is 0 Å². The number of thiophene rings is 1. The van der Waals surface area contributed by atoms with Gasteiger partial charge >= 0.3 is 0 Å². The second-order valence-corrected chi connectivity index (χ2v) is 6.18. The Balaban J connectivity index is 2.04. The number of halogens is 2. The van der Waals surface area contributed by atoms with E-state index in [1.54, 1.807) is 6.07 Å². The summed E-state index contributed by atoms with van der Waals surface area (Å²) in [6.07, 6.45) is 2.28. The lowest BCUT2D eigenvalue weighted by atomic mass is 10.2. The zero-order valence-electron chi connectivity index (χ0n) is 8.50. The minimum atomic E-state index is -0.185.